The summed E-state index contributed by atoms with van der Waals surface area (Å²) in [4.78, 5) is 12.0. The number of nitrogen functional groups attached to an aromatic ring is 1. The van der Waals surface area contributed by atoms with Crippen LogP contribution in [0.2, 0.25) is 0 Å². The second-order valence-electron chi connectivity index (χ2n) is 3.37. The van der Waals surface area contributed by atoms with E-state index in [9.17, 15) is 0 Å². The molecule has 3 aromatic rings. The molecule has 0 atom stereocenters. The van der Waals surface area contributed by atoms with Crippen LogP contribution in [0, 0.1) is 0 Å². The van der Waals surface area contributed by atoms with Crippen LogP contribution in [0.15, 0.2) is 21.5 Å². The zero-order valence-electron chi connectivity index (χ0n) is 9.64. The summed E-state index contributed by atoms with van der Waals surface area (Å²) >= 11 is 0. The monoisotopic (exact) mass is 261 g/mol. The van der Waals surface area contributed by atoms with Gasteiger partial charge < -0.3 is 15.0 Å². The van der Waals surface area contributed by atoms with Crippen molar-refractivity contribution >= 4 is 5.82 Å². The van der Waals surface area contributed by atoms with E-state index in [-0.39, 0.29) is 23.2 Å². The van der Waals surface area contributed by atoms with E-state index in [2.05, 4.69) is 35.1 Å². The van der Waals surface area contributed by atoms with E-state index in [0.717, 1.165) is 0 Å². The minimum Gasteiger partial charge on any atom is -0.481 e. The second-order valence-corrected chi connectivity index (χ2v) is 3.37. The van der Waals surface area contributed by atoms with E-state index in [1.807, 2.05) is 0 Å². The predicted molar refractivity (Wildman–Crippen MR) is 59.6 cm³/mol. The molecule has 0 aliphatic heterocycles. The Labute approximate surface area is 105 Å². The zero-order valence-corrected chi connectivity index (χ0v) is 9.64. The third-order valence-corrected chi connectivity index (χ3v) is 2.22. The average Bonchev–Trinajstić information content (AvgIpc) is 3.07. The van der Waals surface area contributed by atoms with Gasteiger partial charge in [-0.15, -0.1) is 0 Å². The van der Waals surface area contributed by atoms with E-state index < -0.39 is 0 Å². The van der Waals surface area contributed by atoms with Crippen LogP contribution in [0.1, 0.15) is 0 Å². The van der Waals surface area contributed by atoms with Gasteiger partial charge in [0.15, 0.2) is 0 Å². The molecule has 0 bridgehead atoms. The quantitative estimate of drug-likeness (QED) is 0.693. The standard InChI is InChI=1S/C9H7N7O3/c1-17-5-2-4(11-3-12-5)8-13-9(18-16-8)6-7(10)15-19-14-6/h2-3H,1H3,(H2,10,15). The molecule has 2 N–H and O–H groups in total. The molecule has 0 spiro atoms. The summed E-state index contributed by atoms with van der Waals surface area (Å²) < 4.78 is 14.4. The Balaban J connectivity index is 1.99. The highest BCUT2D eigenvalue weighted by Gasteiger charge is 2.18. The Morgan fingerprint density at radius 1 is 1.21 bits per heavy atom. The van der Waals surface area contributed by atoms with Crippen LogP contribution in [0.3, 0.4) is 0 Å². The summed E-state index contributed by atoms with van der Waals surface area (Å²) in [5, 5.41) is 10.7. The molecule has 0 aliphatic rings. The minimum atomic E-state index is 0.0652. The fraction of sp³-hybridized carbons (Fsp3) is 0.111. The van der Waals surface area contributed by atoms with Crippen molar-refractivity contribution in [3.05, 3.63) is 12.4 Å². The lowest BCUT2D eigenvalue weighted by Gasteiger charge is -1.97. The van der Waals surface area contributed by atoms with Crippen molar-refractivity contribution in [1.29, 1.82) is 0 Å². The maximum Gasteiger partial charge on any atom is 0.284 e. The van der Waals surface area contributed by atoms with E-state index in [1.54, 1.807) is 6.07 Å². The lowest BCUT2D eigenvalue weighted by atomic mass is 10.4. The topological polar surface area (TPSA) is 139 Å². The van der Waals surface area contributed by atoms with Crippen LogP contribution >= 0.6 is 0 Å². The van der Waals surface area contributed by atoms with Gasteiger partial charge in [-0.25, -0.2) is 14.6 Å². The summed E-state index contributed by atoms with van der Waals surface area (Å²) in [5.41, 5.74) is 6.15. The van der Waals surface area contributed by atoms with Crippen LogP contribution in [0.25, 0.3) is 23.1 Å². The maximum absolute atomic E-state index is 5.53. The SMILES string of the molecule is COc1cc(-c2noc(-c3nonc3N)n2)ncn1. The lowest BCUT2D eigenvalue weighted by molar-refractivity contribution is 0.308. The maximum atomic E-state index is 5.53. The molecule has 0 unspecified atom stereocenters. The first-order chi connectivity index (χ1) is 9.28. The molecule has 0 aromatic carbocycles. The van der Waals surface area contributed by atoms with Gasteiger partial charge in [0.25, 0.3) is 5.89 Å². The summed E-state index contributed by atoms with van der Waals surface area (Å²) in [6, 6.07) is 1.57. The molecule has 0 aliphatic carbocycles. The number of hydrogen-bond donors (Lipinski definition) is 1. The minimum absolute atomic E-state index is 0.0652. The number of aromatic nitrogens is 6. The third-order valence-electron chi connectivity index (χ3n) is 2.22. The molecular formula is C9H7N7O3. The molecule has 19 heavy (non-hydrogen) atoms. The van der Waals surface area contributed by atoms with Crippen molar-refractivity contribution in [2.75, 3.05) is 12.8 Å². The van der Waals surface area contributed by atoms with Crippen molar-refractivity contribution < 1.29 is 13.9 Å². The van der Waals surface area contributed by atoms with Crippen molar-refractivity contribution in [3.63, 3.8) is 0 Å². The average molecular weight is 261 g/mol. The molecular weight excluding hydrogens is 254 g/mol. The smallest absolute Gasteiger partial charge is 0.284 e. The van der Waals surface area contributed by atoms with Gasteiger partial charge in [-0.3, -0.25) is 0 Å². The number of rotatable bonds is 3. The number of anilines is 1. The Kier molecular flexibility index (Phi) is 2.52. The van der Waals surface area contributed by atoms with E-state index in [0.29, 0.717) is 11.6 Å². The first-order valence-electron chi connectivity index (χ1n) is 5.06. The molecule has 3 rings (SSSR count). The second kappa shape index (κ2) is 4.33. The van der Waals surface area contributed by atoms with Gasteiger partial charge in [-0.05, 0) is 10.3 Å². The molecule has 10 nitrogen and oxygen atoms in total. The Bertz CT molecular complexity index is 707. The van der Waals surface area contributed by atoms with E-state index in [1.165, 1.54) is 13.4 Å². The summed E-state index contributed by atoms with van der Waals surface area (Å²) in [6.07, 6.45) is 1.33. The molecule has 3 heterocycles. The zero-order chi connectivity index (χ0) is 13.2. The van der Waals surface area contributed by atoms with Crippen LogP contribution < -0.4 is 10.5 Å². The van der Waals surface area contributed by atoms with Gasteiger partial charge in [0.1, 0.15) is 12.0 Å². The first-order valence-corrected chi connectivity index (χ1v) is 5.06. The van der Waals surface area contributed by atoms with Gasteiger partial charge in [0.05, 0.1) is 7.11 Å². The molecule has 3 aromatic heterocycles. The summed E-state index contributed by atoms with van der Waals surface area (Å²) in [7, 11) is 1.50. The van der Waals surface area contributed by atoms with Gasteiger partial charge in [0, 0.05) is 6.07 Å². The van der Waals surface area contributed by atoms with Crippen LogP contribution in [-0.4, -0.2) is 37.5 Å². The van der Waals surface area contributed by atoms with Gasteiger partial charge in [-0.2, -0.15) is 4.98 Å². The predicted octanol–water partition coefficient (Wildman–Crippen LogP) is 0.167. The van der Waals surface area contributed by atoms with Crippen LogP contribution in [0.4, 0.5) is 5.82 Å². The fourth-order valence-electron chi connectivity index (χ4n) is 1.34. The van der Waals surface area contributed by atoms with E-state index in [4.69, 9.17) is 15.0 Å². The molecule has 0 saturated heterocycles. The summed E-state index contributed by atoms with van der Waals surface area (Å²) in [6.45, 7) is 0. The highest BCUT2D eigenvalue weighted by Crippen LogP contribution is 2.23. The Morgan fingerprint density at radius 2 is 2.11 bits per heavy atom. The molecule has 96 valence electrons. The number of hydrogen-bond acceptors (Lipinski definition) is 10. The van der Waals surface area contributed by atoms with Crippen LogP contribution in [-0.2, 0) is 0 Å². The normalized spacial score (nSPS) is 10.6. The number of ether oxygens (including phenoxy) is 1. The fourth-order valence-corrected chi connectivity index (χ4v) is 1.34. The van der Waals surface area contributed by atoms with Crippen molar-refractivity contribution in [2.45, 2.75) is 0 Å². The number of nitrogens with zero attached hydrogens (tertiary/aromatic N) is 6. The molecule has 10 heteroatoms. The third kappa shape index (κ3) is 1.94. The highest BCUT2D eigenvalue weighted by molar-refractivity contribution is 5.62. The Morgan fingerprint density at radius 3 is 2.84 bits per heavy atom. The van der Waals surface area contributed by atoms with Crippen molar-refractivity contribution in [1.82, 2.24) is 30.4 Å². The van der Waals surface area contributed by atoms with Gasteiger partial charge in [0.2, 0.25) is 23.2 Å². The molecule has 0 amide bonds. The Hall–Kier alpha value is -3.04. The summed E-state index contributed by atoms with van der Waals surface area (Å²) in [5.74, 6) is 0.791. The number of methoxy groups -OCH3 is 1. The molecule has 0 fully saturated rings. The van der Waals surface area contributed by atoms with Crippen LogP contribution in [0.5, 0.6) is 5.88 Å². The lowest BCUT2D eigenvalue weighted by Crippen LogP contribution is -1.92. The van der Waals surface area contributed by atoms with E-state index >= 15 is 0 Å². The largest absolute Gasteiger partial charge is 0.481 e. The first kappa shape index (κ1) is 11.1. The molecule has 0 saturated carbocycles. The van der Waals surface area contributed by atoms with Crippen molar-refractivity contribution in [2.24, 2.45) is 0 Å². The van der Waals surface area contributed by atoms with Gasteiger partial charge >= 0.3 is 0 Å². The van der Waals surface area contributed by atoms with Gasteiger partial charge in [-0.1, -0.05) is 5.16 Å². The number of nitrogens with two attached hydrogens (primary N) is 1. The highest BCUT2D eigenvalue weighted by atomic mass is 16.6. The molecule has 0 radical (unpaired) electrons. The van der Waals surface area contributed by atoms with Crippen molar-refractivity contribution in [3.8, 4) is 29.0 Å².